The second kappa shape index (κ2) is 6.35. The number of nitrogens with zero attached hydrogens (tertiary/aromatic N) is 1. The van der Waals surface area contributed by atoms with Crippen molar-refractivity contribution in [3.05, 3.63) is 42.0 Å². The van der Waals surface area contributed by atoms with Gasteiger partial charge in [0.05, 0.1) is 4.75 Å². The zero-order valence-electron chi connectivity index (χ0n) is 11.4. The monoisotopic (exact) mass is 303 g/mol. The quantitative estimate of drug-likeness (QED) is 0.771. The van der Waals surface area contributed by atoms with E-state index < -0.39 is 27.6 Å². The fourth-order valence-electron chi connectivity index (χ4n) is 1.14. The molecule has 1 aromatic rings. The Morgan fingerprint density at radius 3 is 2.15 bits per heavy atom. The first-order valence-electron chi connectivity index (χ1n) is 5.92. The van der Waals surface area contributed by atoms with E-state index >= 15 is 0 Å². The van der Waals surface area contributed by atoms with Gasteiger partial charge >= 0.3 is 6.18 Å². The summed E-state index contributed by atoms with van der Waals surface area (Å²) >= 11 is 0. The molecule has 0 saturated heterocycles. The third kappa shape index (κ3) is 5.28. The van der Waals surface area contributed by atoms with E-state index in [1.54, 1.807) is 51.1 Å². The van der Waals surface area contributed by atoms with Crippen molar-refractivity contribution < 1.29 is 17.4 Å². The Kier molecular flexibility index (Phi) is 5.28. The third-order valence-electron chi connectivity index (χ3n) is 2.23. The van der Waals surface area contributed by atoms with Crippen molar-refractivity contribution in [1.29, 1.82) is 0 Å². The highest BCUT2D eigenvalue weighted by Crippen LogP contribution is 2.22. The lowest BCUT2D eigenvalue weighted by Crippen LogP contribution is -2.26. The van der Waals surface area contributed by atoms with E-state index in [4.69, 9.17) is 0 Å². The minimum Gasteiger partial charge on any atom is -0.234 e. The lowest BCUT2D eigenvalue weighted by atomic mass is 10.2. The molecule has 110 valence electrons. The molecule has 0 amide bonds. The summed E-state index contributed by atoms with van der Waals surface area (Å²) in [6.07, 6.45) is -2.49. The fraction of sp³-hybridized carbons (Fsp3) is 0.357. The Bertz CT molecular complexity index is 528. The summed E-state index contributed by atoms with van der Waals surface area (Å²) in [5.41, 5.74) is -0.527. The highest BCUT2D eigenvalue weighted by atomic mass is 32.2. The molecule has 1 atom stereocenters. The number of rotatable bonds is 3. The molecule has 1 aromatic carbocycles. The second-order valence-corrected chi connectivity index (χ2v) is 6.99. The lowest BCUT2D eigenvalue weighted by molar-refractivity contribution is -0.0574. The molecule has 20 heavy (non-hydrogen) atoms. The van der Waals surface area contributed by atoms with Crippen LogP contribution in [0.3, 0.4) is 0 Å². The van der Waals surface area contributed by atoms with Gasteiger partial charge < -0.3 is 0 Å². The minimum atomic E-state index is -4.63. The van der Waals surface area contributed by atoms with Crippen LogP contribution in [-0.4, -0.2) is 20.8 Å². The van der Waals surface area contributed by atoms with Crippen molar-refractivity contribution >= 4 is 22.8 Å². The van der Waals surface area contributed by atoms with Crippen LogP contribution >= 0.6 is 0 Å². The van der Waals surface area contributed by atoms with Crippen LogP contribution in [0, 0.1) is 0 Å². The second-order valence-electron chi connectivity index (χ2n) is 5.08. The van der Waals surface area contributed by atoms with E-state index in [1.165, 1.54) is 6.08 Å². The maximum Gasteiger partial charge on any atom is 0.434 e. The number of hydrogen-bond acceptors (Lipinski definition) is 1. The molecule has 0 radical (unpaired) electrons. The fourth-order valence-corrected chi connectivity index (χ4v) is 1.76. The first-order valence-corrected chi connectivity index (χ1v) is 7.02. The van der Waals surface area contributed by atoms with Gasteiger partial charge in [-0.05, 0) is 32.4 Å². The smallest absolute Gasteiger partial charge is 0.234 e. The van der Waals surface area contributed by atoms with Gasteiger partial charge in [-0.3, -0.25) is 0 Å². The van der Waals surface area contributed by atoms with Gasteiger partial charge in [0.1, 0.15) is 11.0 Å². The topological polar surface area (TPSA) is 29.4 Å². The van der Waals surface area contributed by atoms with Gasteiger partial charge in [0.15, 0.2) is 5.71 Å². The summed E-state index contributed by atoms with van der Waals surface area (Å²) in [5.74, 6) is 0. The molecule has 0 aromatic heterocycles. The van der Waals surface area contributed by atoms with E-state index in [0.717, 1.165) is 6.08 Å². The number of halogens is 3. The van der Waals surface area contributed by atoms with Gasteiger partial charge in [0, 0.05) is 0 Å². The average molecular weight is 303 g/mol. The summed E-state index contributed by atoms with van der Waals surface area (Å²) in [7, 11) is -1.96. The van der Waals surface area contributed by atoms with E-state index in [1.807, 2.05) is 0 Å². The number of allylic oxidation sites excluding steroid dienone is 1. The van der Waals surface area contributed by atoms with E-state index in [0.29, 0.717) is 5.56 Å². The maximum absolute atomic E-state index is 12.9. The van der Waals surface area contributed by atoms with E-state index in [-0.39, 0.29) is 0 Å². The number of hydrogen-bond donors (Lipinski definition) is 0. The third-order valence-corrected chi connectivity index (χ3v) is 3.64. The minimum absolute atomic E-state index is 0.617. The van der Waals surface area contributed by atoms with Gasteiger partial charge in [-0.15, -0.1) is 0 Å². The standard InChI is InChI=1S/C14H16F3NOS/c1-13(2,3)20(19)18-12(14(15,16)17)10-9-11-7-5-4-6-8-11/h4-10H,1-3H3/b10-9+,18-12?/t20-/m1/s1. The van der Waals surface area contributed by atoms with Crippen molar-refractivity contribution in [2.24, 2.45) is 4.40 Å². The molecule has 0 unspecified atom stereocenters. The summed E-state index contributed by atoms with van der Waals surface area (Å²) in [4.78, 5) is 0. The van der Waals surface area contributed by atoms with E-state index in [2.05, 4.69) is 4.40 Å². The summed E-state index contributed by atoms with van der Waals surface area (Å²) in [5, 5.41) is 0. The molecular formula is C14H16F3NOS. The van der Waals surface area contributed by atoms with Crippen LogP contribution in [0.1, 0.15) is 26.3 Å². The SMILES string of the molecule is CC(C)(C)[S@@](=O)N=C(/C=C/c1ccccc1)C(F)(F)F. The Labute approximate surface area is 119 Å². The molecular weight excluding hydrogens is 287 g/mol. The Morgan fingerprint density at radius 1 is 1.15 bits per heavy atom. The Hall–Kier alpha value is -1.43. The van der Waals surface area contributed by atoms with Crippen LogP contribution in [0.15, 0.2) is 40.8 Å². The first kappa shape index (κ1) is 16.6. The molecule has 0 aliphatic heterocycles. The van der Waals surface area contributed by atoms with Gasteiger partial charge in [-0.1, -0.05) is 36.4 Å². The molecule has 0 N–H and O–H groups in total. The van der Waals surface area contributed by atoms with Crippen LogP contribution in [0.25, 0.3) is 6.08 Å². The zero-order chi connectivity index (χ0) is 15.4. The van der Waals surface area contributed by atoms with Gasteiger partial charge in [-0.25, -0.2) is 4.21 Å². The van der Waals surface area contributed by atoms with Gasteiger partial charge in [-0.2, -0.15) is 17.6 Å². The molecule has 0 heterocycles. The Morgan fingerprint density at radius 2 is 1.70 bits per heavy atom. The van der Waals surface area contributed by atoms with Crippen molar-refractivity contribution in [2.45, 2.75) is 31.7 Å². The molecule has 0 fully saturated rings. The van der Waals surface area contributed by atoms with Crippen molar-refractivity contribution in [2.75, 3.05) is 0 Å². The molecule has 0 spiro atoms. The normalized spacial score (nSPS) is 15.6. The lowest BCUT2D eigenvalue weighted by Gasteiger charge is -2.15. The van der Waals surface area contributed by atoms with Crippen LogP contribution in [0.2, 0.25) is 0 Å². The van der Waals surface area contributed by atoms with Crippen molar-refractivity contribution in [3.63, 3.8) is 0 Å². The molecule has 1 rings (SSSR count). The highest BCUT2D eigenvalue weighted by Gasteiger charge is 2.35. The largest absolute Gasteiger partial charge is 0.434 e. The van der Waals surface area contributed by atoms with Crippen molar-refractivity contribution in [3.8, 4) is 0 Å². The predicted molar refractivity (Wildman–Crippen MR) is 76.9 cm³/mol. The average Bonchev–Trinajstić information content (AvgIpc) is 2.32. The van der Waals surface area contributed by atoms with Gasteiger partial charge in [0.2, 0.25) is 0 Å². The zero-order valence-corrected chi connectivity index (χ0v) is 12.3. The molecule has 2 nitrogen and oxygen atoms in total. The molecule has 6 heteroatoms. The summed E-state index contributed by atoms with van der Waals surface area (Å²) in [6.45, 7) is 4.71. The van der Waals surface area contributed by atoms with Crippen LogP contribution in [0.5, 0.6) is 0 Å². The van der Waals surface area contributed by atoms with E-state index in [9.17, 15) is 17.4 Å². The maximum atomic E-state index is 12.9. The highest BCUT2D eigenvalue weighted by molar-refractivity contribution is 7.85. The molecule has 0 aliphatic carbocycles. The molecule has 0 saturated carbocycles. The number of alkyl halides is 3. The Balaban J connectivity index is 3.07. The predicted octanol–water partition coefficient (Wildman–Crippen LogP) is 4.17. The van der Waals surface area contributed by atoms with Crippen LogP contribution in [0.4, 0.5) is 13.2 Å². The van der Waals surface area contributed by atoms with Crippen molar-refractivity contribution in [1.82, 2.24) is 0 Å². The summed E-state index contributed by atoms with van der Waals surface area (Å²) < 4.78 is 52.8. The number of benzene rings is 1. The first-order chi connectivity index (χ1) is 9.10. The van der Waals surface area contributed by atoms with Crippen LogP contribution in [-0.2, 0) is 11.0 Å². The summed E-state index contributed by atoms with van der Waals surface area (Å²) in [6, 6.07) is 8.55. The van der Waals surface area contributed by atoms with Gasteiger partial charge in [0.25, 0.3) is 0 Å². The van der Waals surface area contributed by atoms with Crippen LogP contribution < -0.4 is 0 Å². The molecule has 0 aliphatic rings. The molecule has 0 bridgehead atoms.